The predicted molar refractivity (Wildman–Crippen MR) is 74.3 cm³/mol. The Morgan fingerprint density at radius 2 is 2.05 bits per heavy atom. The van der Waals surface area contributed by atoms with Crippen molar-refractivity contribution < 1.29 is 19.0 Å². The lowest BCUT2D eigenvalue weighted by molar-refractivity contribution is -0.138. The minimum absolute atomic E-state index is 0.0676. The molecule has 0 bridgehead atoms. The maximum atomic E-state index is 12.8. The van der Waals surface area contributed by atoms with Crippen LogP contribution < -0.4 is 0 Å². The molecule has 0 unspecified atom stereocenters. The summed E-state index contributed by atoms with van der Waals surface area (Å²) in [7, 11) is 0. The fourth-order valence-corrected chi connectivity index (χ4v) is 1.62. The van der Waals surface area contributed by atoms with E-state index < -0.39 is 5.97 Å². The number of carbonyl (C=O) groups is 1. The Morgan fingerprint density at radius 1 is 1.38 bits per heavy atom. The van der Waals surface area contributed by atoms with E-state index in [9.17, 15) is 14.3 Å². The first-order chi connectivity index (χ1) is 10.1. The molecule has 0 atom stereocenters. The maximum Gasteiger partial charge on any atom is 0.362 e. The van der Waals surface area contributed by atoms with E-state index >= 15 is 0 Å². The standard InChI is InChI=1S/C15H17FN2O3/c1-2-21-15(20)14(18-17-12-7-8-12)13(19)9-10-3-5-11(16)6-4-10/h3-6,12,19H,2,7-9H2,1H3. The number of halogens is 1. The molecule has 1 aliphatic rings. The highest BCUT2D eigenvalue weighted by Gasteiger charge is 2.23. The van der Waals surface area contributed by atoms with Crippen LogP contribution in [-0.2, 0) is 16.0 Å². The Balaban J connectivity index is 2.17. The van der Waals surface area contributed by atoms with Crippen LogP contribution in [0.1, 0.15) is 25.3 Å². The zero-order valence-electron chi connectivity index (χ0n) is 11.8. The van der Waals surface area contributed by atoms with Gasteiger partial charge in [-0.2, -0.15) is 5.11 Å². The molecule has 0 amide bonds. The van der Waals surface area contributed by atoms with Gasteiger partial charge in [0.25, 0.3) is 0 Å². The number of allylic oxidation sites excluding steroid dienone is 1. The summed E-state index contributed by atoms with van der Waals surface area (Å²) in [5.41, 5.74) is 0.477. The summed E-state index contributed by atoms with van der Waals surface area (Å²) in [5.74, 6) is -1.30. The van der Waals surface area contributed by atoms with E-state index in [0.29, 0.717) is 5.56 Å². The van der Waals surface area contributed by atoms with E-state index in [1.807, 2.05) is 0 Å². The molecule has 0 heterocycles. The Labute approximate surface area is 122 Å². The molecule has 5 nitrogen and oxygen atoms in total. The Kier molecular flexibility index (Phi) is 5.03. The van der Waals surface area contributed by atoms with Gasteiger partial charge >= 0.3 is 5.97 Å². The monoisotopic (exact) mass is 292 g/mol. The summed E-state index contributed by atoms with van der Waals surface area (Å²) >= 11 is 0. The lowest BCUT2D eigenvalue weighted by atomic mass is 10.1. The first-order valence-electron chi connectivity index (χ1n) is 6.84. The molecule has 1 aromatic carbocycles. The molecule has 21 heavy (non-hydrogen) atoms. The summed E-state index contributed by atoms with van der Waals surface area (Å²) in [6.07, 6.45) is 1.95. The highest BCUT2D eigenvalue weighted by molar-refractivity contribution is 5.88. The second-order valence-corrected chi connectivity index (χ2v) is 4.77. The van der Waals surface area contributed by atoms with E-state index in [1.165, 1.54) is 24.3 Å². The van der Waals surface area contributed by atoms with Crippen LogP contribution in [0.3, 0.4) is 0 Å². The fraction of sp³-hybridized carbons (Fsp3) is 0.400. The molecule has 1 aliphatic carbocycles. The van der Waals surface area contributed by atoms with Crippen LogP contribution in [0.25, 0.3) is 0 Å². The molecule has 0 aromatic heterocycles. The van der Waals surface area contributed by atoms with Crippen molar-refractivity contribution >= 4 is 5.97 Å². The van der Waals surface area contributed by atoms with Gasteiger partial charge in [-0.3, -0.25) is 0 Å². The maximum absolute atomic E-state index is 12.8. The number of carbonyl (C=O) groups excluding carboxylic acids is 1. The van der Waals surface area contributed by atoms with E-state index in [-0.39, 0.29) is 36.3 Å². The van der Waals surface area contributed by atoms with Crippen LogP contribution in [0.2, 0.25) is 0 Å². The number of ether oxygens (including phenoxy) is 1. The van der Waals surface area contributed by atoms with Crippen LogP contribution >= 0.6 is 0 Å². The van der Waals surface area contributed by atoms with Crippen LogP contribution in [0, 0.1) is 5.82 Å². The molecule has 0 spiro atoms. The molecule has 6 heteroatoms. The Hall–Kier alpha value is -2.24. The third-order valence-electron chi connectivity index (χ3n) is 2.89. The summed E-state index contributed by atoms with van der Waals surface area (Å²) in [4.78, 5) is 11.8. The van der Waals surface area contributed by atoms with E-state index in [0.717, 1.165) is 12.8 Å². The van der Waals surface area contributed by atoms with E-state index in [1.54, 1.807) is 6.92 Å². The quantitative estimate of drug-likeness (QED) is 0.378. The molecular weight excluding hydrogens is 275 g/mol. The first kappa shape index (κ1) is 15.2. The van der Waals surface area contributed by atoms with Gasteiger partial charge in [-0.25, -0.2) is 9.18 Å². The second kappa shape index (κ2) is 6.97. The van der Waals surface area contributed by atoms with E-state index in [4.69, 9.17) is 4.74 Å². The Bertz CT molecular complexity index is 563. The van der Waals surface area contributed by atoms with Gasteiger partial charge in [0.15, 0.2) is 0 Å². The third-order valence-corrected chi connectivity index (χ3v) is 2.89. The van der Waals surface area contributed by atoms with Crippen molar-refractivity contribution in [1.82, 2.24) is 0 Å². The molecule has 0 aliphatic heterocycles. The van der Waals surface area contributed by atoms with Crippen molar-refractivity contribution in [1.29, 1.82) is 0 Å². The number of rotatable bonds is 6. The van der Waals surface area contributed by atoms with Crippen LogP contribution in [-0.4, -0.2) is 23.7 Å². The molecule has 0 saturated heterocycles. The minimum Gasteiger partial charge on any atom is -0.509 e. The van der Waals surface area contributed by atoms with Gasteiger partial charge < -0.3 is 9.84 Å². The van der Waals surface area contributed by atoms with Gasteiger partial charge in [-0.1, -0.05) is 12.1 Å². The molecule has 1 fully saturated rings. The summed E-state index contributed by atoms with van der Waals surface area (Å²) < 4.78 is 17.7. The van der Waals surface area contributed by atoms with Crippen molar-refractivity contribution in [3.63, 3.8) is 0 Å². The normalized spacial score (nSPS) is 15.9. The summed E-state index contributed by atoms with van der Waals surface area (Å²) in [5, 5.41) is 17.9. The topological polar surface area (TPSA) is 71.2 Å². The lowest BCUT2D eigenvalue weighted by Crippen LogP contribution is -2.10. The number of hydrogen-bond acceptors (Lipinski definition) is 5. The number of nitrogens with zero attached hydrogens (tertiary/aromatic N) is 2. The molecule has 112 valence electrons. The average Bonchev–Trinajstić information content (AvgIpc) is 3.26. The predicted octanol–water partition coefficient (Wildman–Crippen LogP) is 3.32. The number of aliphatic hydroxyl groups is 1. The zero-order valence-corrected chi connectivity index (χ0v) is 11.8. The van der Waals surface area contributed by atoms with Gasteiger partial charge in [0.1, 0.15) is 11.6 Å². The van der Waals surface area contributed by atoms with Crippen molar-refractivity contribution in [2.45, 2.75) is 32.2 Å². The molecule has 2 rings (SSSR count). The molecule has 1 aromatic rings. The molecule has 0 radical (unpaired) electrons. The number of aliphatic hydroxyl groups excluding tert-OH is 1. The van der Waals surface area contributed by atoms with Crippen LogP contribution in [0.15, 0.2) is 46.0 Å². The number of esters is 1. The highest BCUT2D eigenvalue weighted by atomic mass is 19.1. The lowest BCUT2D eigenvalue weighted by Gasteiger charge is -2.06. The smallest absolute Gasteiger partial charge is 0.362 e. The average molecular weight is 292 g/mol. The minimum atomic E-state index is -0.707. The van der Waals surface area contributed by atoms with Gasteiger partial charge in [0, 0.05) is 6.42 Å². The third kappa shape index (κ3) is 4.66. The van der Waals surface area contributed by atoms with Crippen molar-refractivity contribution in [2.75, 3.05) is 6.61 Å². The van der Waals surface area contributed by atoms with Gasteiger partial charge in [-0.05, 0) is 37.5 Å². The summed E-state index contributed by atoms with van der Waals surface area (Å²) in [6.45, 7) is 1.86. The van der Waals surface area contributed by atoms with Gasteiger partial charge in [-0.15, -0.1) is 5.11 Å². The number of azo groups is 1. The molecule has 1 N–H and O–H groups in total. The largest absolute Gasteiger partial charge is 0.509 e. The number of benzene rings is 1. The SMILES string of the molecule is CCOC(=O)C(N=NC1CC1)=C(O)Cc1ccc(F)cc1. The second-order valence-electron chi connectivity index (χ2n) is 4.77. The van der Waals surface area contributed by atoms with Crippen molar-refractivity contribution in [3.8, 4) is 0 Å². The zero-order chi connectivity index (χ0) is 15.2. The first-order valence-corrected chi connectivity index (χ1v) is 6.84. The summed E-state index contributed by atoms with van der Waals surface area (Å²) in [6, 6.07) is 5.78. The van der Waals surface area contributed by atoms with Crippen LogP contribution in [0.4, 0.5) is 4.39 Å². The van der Waals surface area contributed by atoms with E-state index in [2.05, 4.69) is 10.2 Å². The van der Waals surface area contributed by atoms with Crippen molar-refractivity contribution in [2.24, 2.45) is 10.2 Å². The fourth-order valence-electron chi connectivity index (χ4n) is 1.62. The van der Waals surface area contributed by atoms with Gasteiger partial charge in [0.2, 0.25) is 5.70 Å². The highest BCUT2D eigenvalue weighted by Crippen LogP contribution is 2.25. The Morgan fingerprint density at radius 3 is 2.62 bits per heavy atom. The van der Waals surface area contributed by atoms with Crippen LogP contribution in [0.5, 0.6) is 0 Å². The van der Waals surface area contributed by atoms with Crippen molar-refractivity contribution in [3.05, 3.63) is 47.1 Å². The molecule has 1 saturated carbocycles. The number of hydrogen-bond donors (Lipinski definition) is 1. The molecular formula is C15H17FN2O3. The van der Waals surface area contributed by atoms with Gasteiger partial charge in [0.05, 0.1) is 12.6 Å².